The summed E-state index contributed by atoms with van der Waals surface area (Å²) in [5, 5.41) is 10.4. The maximum Gasteiger partial charge on any atom is 0.332 e. The number of carbonyl (C=O) groups is 1. The molecule has 0 atom stereocenters. The van der Waals surface area contributed by atoms with Gasteiger partial charge in [-0.3, -0.25) is 23.6 Å². The minimum Gasteiger partial charge on any atom is -0.379 e. The third kappa shape index (κ3) is 4.99. The Balaban J connectivity index is 1.54. The zero-order valence-electron chi connectivity index (χ0n) is 18.5. The van der Waals surface area contributed by atoms with E-state index >= 15 is 0 Å². The van der Waals surface area contributed by atoms with Crippen molar-refractivity contribution in [1.82, 2.24) is 34.5 Å². The zero-order chi connectivity index (χ0) is 24.2. The lowest BCUT2D eigenvalue weighted by molar-refractivity contribution is 0.0374. The van der Waals surface area contributed by atoms with Crippen molar-refractivity contribution >= 4 is 17.1 Å². The van der Waals surface area contributed by atoms with Gasteiger partial charge in [-0.15, -0.1) is 10.2 Å². The van der Waals surface area contributed by atoms with E-state index in [2.05, 4.69) is 25.4 Å². The van der Waals surface area contributed by atoms with Crippen LogP contribution in [-0.2, 0) is 18.3 Å². The number of amides is 1. The summed E-state index contributed by atoms with van der Waals surface area (Å²) in [5.41, 5.74) is -1.62. The molecule has 3 heterocycles. The number of hydrogen-bond donors (Lipinski definition) is 1. The van der Waals surface area contributed by atoms with Gasteiger partial charge < -0.3 is 10.1 Å². The molecule has 0 bridgehead atoms. The number of hydrogen-bond acceptors (Lipinski definition) is 8. The molecule has 3 aromatic rings. The number of benzene rings is 1. The topological polar surface area (TPSA) is 124 Å². The number of aromatic nitrogens is 5. The Labute approximate surface area is 192 Å². The zero-order valence-corrected chi connectivity index (χ0v) is 18.5. The molecule has 0 aliphatic carbocycles. The van der Waals surface area contributed by atoms with Gasteiger partial charge in [0.05, 0.1) is 19.8 Å². The summed E-state index contributed by atoms with van der Waals surface area (Å²) in [4.78, 5) is 44.0. The predicted octanol–water partition coefficient (Wildman–Crippen LogP) is -0.336. The van der Waals surface area contributed by atoms with Gasteiger partial charge >= 0.3 is 5.69 Å². The van der Waals surface area contributed by atoms with Crippen molar-refractivity contribution in [2.75, 3.05) is 39.4 Å². The fourth-order valence-electron chi connectivity index (χ4n) is 3.63. The Morgan fingerprint density at radius 3 is 2.65 bits per heavy atom. The molecule has 1 N–H and O–H groups in total. The summed E-state index contributed by atoms with van der Waals surface area (Å²) in [7, 11) is 1.25. The number of ether oxygens (including phenoxy) is 1. The van der Waals surface area contributed by atoms with Crippen LogP contribution in [0.5, 0.6) is 0 Å². The number of fused-ring (bicyclic) bond motifs is 1. The molecule has 0 unspecified atom stereocenters. The number of nitrogens with one attached hydrogen (secondary N) is 1. The van der Waals surface area contributed by atoms with Gasteiger partial charge in [-0.05, 0) is 30.7 Å². The molecule has 11 nitrogen and oxygen atoms in total. The van der Waals surface area contributed by atoms with Gasteiger partial charge in [0, 0.05) is 26.7 Å². The van der Waals surface area contributed by atoms with Crippen molar-refractivity contribution in [3.63, 3.8) is 0 Å². The Kier molecular flexibility index (Phi) is 7.03. The molecule has 1 aromatic carbocycles. The number of rotatable bonds is 7. The fraction of sp³-hybridized carbons (Fsp3) is 0.429. The van der Waals surface area contributed by atoms with Gasteiger partial charge in [-0.2, -0.15) is 0 Å². The Hall–Kier alpha value is -3.58. The van der Waals surface area contributed by atoms with Crippen LogP contribution in [0.25, 0.3) is 11.2 Å². The Bertz CT molecular complexity index is 1340. The predicted molar refractivity (Wildman–Crippen MR) is 117 cm³/mol. The molecule has 1 amide bonds. The SMILES string of the molecule is Cn1c(=O)c2nc(C(=O)NCCCN3CCOCC3)nnc2n(Cc2ccc(F)c(F)c2)c1=O. The maximum atomic E-state index is 13.6. The molecule has 34 heavy (non-hydrogen) atoms. The first-order chi connectivity index (χ1) is 16.3. The number of morpholine rings is 1. The van der Waals surface area contributed by atoms with Gasteiger partial charge in [0.15, 0.2) is 22.8 Å². The molecular weight excluding hydrogens is 452 g/mol. The second-order valence-electron chi connectivity index (χ2n) is 7.85. The highest BCUT2D eigenvalue weighted by Crippen LogP contribution is 2.11. The molecule has 4 rings (SSSR count). The van der Waals surface area contributed by atoms with E-state index in [1.165, 1.54) is 13.1 Å². The van der Waals surface area contributed by atoms with Crippen LogP contribution in [0.3, 0.4) is 0 Å². The lowest BCUT2D eigenvalue weighted by Crippen LogP contribution is -2.40. The van der Waals surface area contributed by atoms with Crippen LogP contribution in [0.4, 0.5) is 8.78 Å². The van der Waals surface area contributed by atoms with Crippen molar-refractivity contribution in [1.29, 1.82) is 0 Å². The minimum absolute atomic E-state index is 0.165. The van der Waals surface area contributed by atoms with E-state index in [4.69, 9.17) is 4.74 Å². The van der Waals surface area contributed by atoms with Gasteiger partial charge in [-0.25, -0.2) is 18.6 Å². The number of halogens is 2. The van der Waals surface area contributed by atoms with Crippen LogP contribution in [0, 0.1) is 11.6 Å². The minimum atomic E-state index is -1.07. The maximum absolute atomic E-state index is 13.6. The van der Waals surface area contributed by atoms with Gasteiger partial charge in [-0.1, -0.05) is 6.07 Å². The molecule has 1 aliphatic heterocycles. The van der Waals surface area contributed by atoms with Crippen molar-refractivity contribution < 1.29 is 18.3 Å². The third-order valence-electron chi connectivity index (χ3n) is 5.52. The summed E-state index contributed by atoms with van der Waals surface area (Å²) in [6.07, 6.45) is 0.711. The van der Waals surface area contributed by atoms with E-state index in [9.17, 15) is 23.2 Å². The molecule has 0 spiro atoms. The first-order valence-corrected chi connectivity index (χ1v) is 10.7. The van der Waals surface area contributed by atoms with E-state index in [-0.39, 0.29) is 29.1 Å². The van der Waals surface area contributed by atoms with Crippen molar-refractivity contribution in [3.05, 3.63) is 62.1 Å². The fourth-order valence-corrected chi connectivity index (χ4v) is 3.63. The smallest absolute Gasteiger partial charge is 0.332 e. The van der Waals surface area contributed by atoms with Crippen LogP contribution < -0.4 is 16.6 Å². The average Bonchev–Trinajstić information content (AvgIpc) is 2.85. The Morgan fingerprint density at radius 2 is 1.91 bits per heavy atom. The largest absolute Gasteiger partial charge is 0.379 e. The second-order valence-corrected chi connectivity index (χ2v) is 7.85. The van der Waals surface area contributed by atoms with Crippen LogP contribution in [0.15, 0.2) is 27.8 Å². The molecule has 1 saturated heterocycles. The Morgan fingerprint density at radius 1 is 1.15 bits per heavy atom. The van der Waals surface area contributed by atoms with Crippen LogP contribution in [0.2, 0.25) is 0 Å². The van der Waals surface area contributed by atoms with E-state index in [0.29, 0.717) is 26.2 Å². The molecule has 0 saturated carbocycles. The van der Waals surface area contributed by atoms with E-state index < -0.39 is 28.8 Å². The monoisotopic (exact) mass is 475 g/mol. The second kappa shape index (κ2) is 10.1. The van der Waals surface area contributed by atoms with Gasteiger partial charge in [0.2, 0.25) is 5.82 Å². The van der Waals surface area contributed by atoms with Gasteiger partial charge in [0.25, 0.3) is 11.5 Å². The highest BCUT2D eigenvalue weighted by molar-refractivity contribution is 5.91. The van der Waals surface area contributed by atoms with E-state index in [0.717, 1.165) is 40.9 Å². The van der Waals surface area contributed by atoms with Crippen LogP contribution in [0.1, 0.15) is 22.6 Å². The number of carbonyl (C=O) groups excluding carboxylic acids is 1. The van der Waals surface area contributed by atoms with Crippen molar-refractivity contribution in [2.24, 2.45) is 7.05 Å². The summed E-state index contributed by atoms with van der Waals surface area (Å²) in [6.45, 7) is 4.06. The molecular formula is C21H23F2N7O4. The van der Waals surface area contributed by atoms with Gasteiger partial charge in [0.1, 0.15) is 0 Å². The third-order valence-corrected chi connectivity index (χ3v) is 5.52. The first kappa shape index (κ1) is 23.6. The first-order valence-electron chi connectivity index (χ1n) is 10.7. The molecule has 180 valence electrons. The summed E-state index contributed by atoms with van der Waals surface area (Å²) >= 11 is 0. The summed E-state index contributed by atoms with van der Waals surface area (Å²) in [5.74, 6) is -3.01. The molecule has 13 heteroatoms. The van der Waals surface area contributed by atoms with E-state index in [1.54, 1.807) is 0 Å². The highest BCUT2D eigenvalue weighted by Gasteiger charge is 2.19. The normalized spacial score (nSPS) is 14.4. The molecule has 2 aromatic heterocycles. The molecule has 0 radical (unpaired) electrons. The highest BCUT2D eigenvalue weighted by atomic mass is 19.2. The summed E-state index contributed by atoms with van der Waals surface area (Å²) < 4.78 is 34.0. The lowest BCUT2D eigenvalue weighted by Gasteiger charge is -2.26. The van der Waals surface area contributed by atoms with E-state index in [1.807, 2.05) is 0 Å². The van der Waals surface area contributed by atoms with Crippen LogP contribution >= 0.6 is 0 Å². The average molecular weight is 475 g/mol. The molecule has 1 aliphatic rings. The lowest BCUT2D eigenvalue weighted by atomic mass is 10.2. The molecule has 1 fully saturated rings. The quantitative estimate of drug-likeness (QED) is 0.461. The summed E-state index contributed by atoms with van der Waals surface area (Å²) in [6, 6.07) is 3.19. The van der Waals surface area contributed by atoms with Crippen molar-refractivity contribution in [3.8, 4) is 0 Å². The van der Waals surface area contributed by atoms with Crippen molar-refractivity contribution in [2.45, 2.75) is 13.0 Å². The number of nitrogens with zero attached hydrogens (tertiary/aromatic N) is 6. The van der Waals surface area contributed by atoms with Crippen LogP contribution in [-0.4, -0.2) is 74.5 Å². The standard InChI is InChI=1S/C21H23F2N7O4/c1-28-20(32)16-18(30(21(28)33)12-13-3-4-14(22)15(23)11-13)27-26-17(25-16)19(31)24-5-2-6-29-7-9-34-10-8-29/h3-4,11H,2,5-10,12H2,1H3,(H,24,31).